The first-order valence-corrected chi connectivity index (χ1v) is 6.74. The Hall–Kier alpha value is -2.30. The van der Waals surface area contributed by atoms with Gasteiger partial charge in [-0.05, 0) is 30.5 Å². The van der Waals surface area contributed by atoms with Crippen molar-refractivity contribution in [3.8, 4) is 11.6 Å². The van der Waals surface area contributed by atoms with Crippen molar-refractivity contribution in [2.75, 3.05) is 17.6 Å². The molecular formula is C15H20N4O. The molecule has 0 spiro atoms. The van der Waals surface area contributed by atoms with Gasteiger partial charge in [0.1, 0.15) is 11.6 Å². The molecule has 1 aromatic carbocycles. The molecule has 0 aliphatic heterocycles. The van der Waals surface area contributed by atoms with Gasteiger partial charge in [-0.2, -0.15) is 9.97 Å². The minimum atomic E-state index is 0.192. The number of nitrogens with zero attached hydrogens (tertiary/aromatic N) is 2. The van der Waals surface area contributed by atoms with Crippen molar-refractivity contribution in [1.82, 2.24) is 9.97 Å². The molecule has 2 rings (SSSR count). The largest absolute Gasteiger partial charge is 0.439 e. The maximum Gasteiger partial charge on any atom is 0.226 e. The first-order chi connectivity index (χ1) is 9.58. The summed E-state index contributed by atoms with van der Waals surface area (Å²) in [5, 5.41) is 3.09. The Morgan fingerprint density at radius 2 is 1.90 bits per heavy atom. The van der Waals surface area contributed by atoms with Crippen molar-refractivity contribution in [1.29, 1.82) is 0 Å². The van der Waals surface area contributed by atoms with Crippen LogP contribution in [-0.4, -0.2) is 16.5 Å². The molecule has 0 aliphatic rings. The lowest BCUT2D eigenvalue weighted by atomic mass is 10.0. The Morgan fingerprint density at radius 1 is 1.20 bits per heavy atom. The van der Waals surface area contributed by atoms with Crippen LogP contribution in [0.4, 0.5) is 11.8 Å². The summed E-state index contributed by atoms with van der Waals surface area (Å²) in [5.41, 5.74) is 6.94. The summed E-state index contributed by atoms with van der Waals surface area (Å²) in [6.45, 7) is 7.07. The second-order valence-electron chi connectivity index (χ2n) is 4.81. The van der Waals surface area contributed by atoms with E-state index in [2.05, 4.69) is 41.3 Å². The highest BCUT2D eigenvalue weighted by atomic mass is 16.5. The molecule has 1 aromatic heterocycles. The van der Waals surface area contributed by atoms with E-state index < -0.39 is 0 Å². The molecular weight excluding hydrogens is 252 g/mol. The third-order valence-corrected chi connectivity index (χ3v) is 2.85. The van der Waals surface area contributed by atoms with Gasteiger partial charge in [-0.1, -0.05) is 26.0 Å². The molecule has 0 bridgehead atoms. The molecule has 0 fully saturated rings. The third kappa shape index (κ3) is 3.60. The average Bonchev–Trinajstić information content (AvgIpc) is 2.39. The SMILES string of the molecule is CCNc1cc(Oc2ccc(C(C)C)cc2)nc(N)n1. The van der Waals surface area contributed by atoms with Crippen molar-refractivity contribution in [3.05, 3.63) is 35.9 Å². The summed E-state index contributed by atoms with van der Waals surface area (Å²) in [7, 11) is 0. The van der Waals surface area contributed by atoms with Gasteiger partial charge in [-0.3, -0.25) is 0 Å². The lowest BCUT2D eigenvalue weighted by molar-refractivity contribution is 0.462. The number of ether oxygens (including phenoxy) is 1. The van der Waals surface area contributed by atoms with Crippen LogP contribution in [0, 0.1) is 0 Å². The molecule has 0 atom stereocenters. The number of hydrogen-bond donors (Lipinski definition) is 2. The van der Waals surface area contributed by atoms with E-state index in [9.17, 15) is 0 Å². The highest BCUT2D eigenvalue weighted by Crippen LogP contribution is 2.24. The highest BCUT2D eigenvalue weighted by Gasteiger charge is 2.05. The van der Waals surface area contributed by atoms with E-state index in [0.717, 1.165) is 12.3 Å². The van der Waals surface area contributed by atoms with E-state index in [4.69, 9.17) is 10.5 Å². The van der Waals surface area contributed by atoms with Crippen LogP contribution >= 0.6 is 0 Å². The molecule has 2 aromatic rings. The van der Waals surface area contributed by atoms with Crippen LogP contribution in [0.3, 0.4) is 0 Å². The van der Waals surface area contributed by atoms with E-state index in [1.165, 1.54) is 5.56 Å². The van der Waals surface area contributed by atoms with Gasteiger partial charge in [0, 0.05) is 12.6 Å². The van der Waals surface area contributed by atoms with Gasteiger partial charge in [0.15, 0.2) is 0 Å². The maximum atomic E-state index is 5.71. The fourth-order valence-corrected chi connectivity index (χ4v) is 1.81. The van der Waals surface area contributed by atoms with E-state index >= 15 is 0 Å². The van der Waals surface area contributed by atoms with Crippen molar-refractivity contribution >= 4 is 11.8 Å². The second kappa shape index (κ2) is 6.23. The summed E-state index contributed by atoms with van der Waals surface area (Å²) in [4.78, 5) is 8.15. The van der Waals surface area contributed by atoms with Crippen LogP contribution in [0.5, 0.6) is 11.6 Å². The monoisotopic (exact) mass is 272 g/mol. The lowest BCUT2D eigenvalue weighted by Crippen LogP contribution is -2.04. The number of anilines is 2. The summed E-state index contributed by atoms with van der Waals surface area (Å²) in [6.07, 6.45) is 0. The zero-order valence-corrected chi connectivity index (χ0v) is 12.1. The standard InChI is InChI=1S/C15H20N4O/c1-4-17-13-9-14(19-15(16)18-13)20-12-7-5-11(6-8-12)10(2)3/h5-10H,4H2,1-3H3,(H3,16,17,18,19). The van der Waals surface area contributed by atoms with Gasteiger partial charge in [0.25, 0.3) is 0 Å². The minimum absolute atomic E-state index is 0.192. The van der Waals surface area contributed by atoms with Gasteiger partial charge in [0.05, 0.1) is 0 Å². The van der Waals surface area contributed by atoms with Crippen LogP contribution in [-0.2, 0) is 0 Å². The molecule has 5 nitrogen and oxygen atoms in total. The molecule has 0 unspecified atom stereocenters. The lowest BCUT2D eigenvalue weighted by Gasteiger charge is -2.09. The normalized spacial score (nSPS) is 10.6. The predicted octanol–water partition coefficient (Wildman–Crippen LogP) is 3.41. The number of nitrogens with two attached hydrogens (primary N) is 1. The van der Waals surface area contributed by atoms with Crippen LogP contribution in [0.1, 0.15) is 32.3 Å². The van der Waals surface area contributed by atoms with Gasteiger partial charge in [0.2, 0.25) is 11.8 Å². The molecule has 20 heavy (non-hydrogen) atoms. The Labute approximate surface area is 119 Å². The molecule has 0 radical (unpaired) electrons. The van der Waals surface area contributed by atoms with Crippen LogP contribution < -0.4 is 15.8 Å². The van der Waals surface area contributed by atoms with Crippen LogP contribution in [0.25, 0.3) is 0 Å². The molecule has 5 heteroatoms. The third-order valence-electron chi connectivity index (χ3n) is 2.85. The second-order valence-corrected chi connectivity index (χ2v) is 4.81. The summed E-state index contributed by atoms with van der Waals surface area (Å²) >= 11 is 0. The number of hydrogen-bond acceptors (Lipinski definition) is 5. The van der Waals surface area contributed by atoms with Crippen molar-refractivity contribution < 1.29 is 4.74 Å². The Morgan fingerprint density at radius 3 is 2.50 bits per heavy atom. The van der Waals surface area contributed by atoms with E-state index in [0.29, 0.717) is 17.6 Å². The van der Waals surface area contributed by atoms with Crippen LogP contribution in [0.15, 0.2) is 30.3 Å². The topological polar surface area (TPSA) is 73.1 Å². The molecule has 0 saturated heterocycles. The smallest absolute Gasteiger partial charge is 0.226 e. The van der Waals surface area contributed by atoms with Crippen molar-refractivity contribution in [3.63, 3.8) is 0 Å². The van der Waals surface area contributed by atoms with Gasteiger partial charge in [-0.15, -0.1) is 0 Å². The first kappa shape index (κ1) is 14.1. The Balaban J connectivity index is 2.16. The minimum Gasteiger partial charge on any atom is -0.439 e. The molecule has 106 valence electrons. The number of nitrogens with one attached hydrogen (secondary N) is 1. The maximum absolute atomic E-state index is 5.71. The quantitative estimate of drug-likeness (QED) is 0.872. The fraction of sp³-hybridized carbons (Fsp3) is 0.333. The summed E-state index contributed by atoms with van der Waals surface area (Å²) in [6, 6.07) is 9.70. The molecule has 3 N–H and O–H groups in total. The van der Waals surface area contributed by atoms with Crippen molar-refractivity contribution in [2.45, 2.75) is 26.7 Å². The average molecular weight is 272 g/mol. The number of aromatic nitrogens is 2. The van der Waals surface area contributed by atoms with Gasteiger partial charge >= 0.3 is 0 Å². The van der Waals surface area contributed by atoms with E-state index in [-0.39, 0.29) is 5.95 Å². The summed E-state index contributed by atoms with van der Waals surface area (Å²) < 4.78 is 5.71. The van der Waals surface area contributed by atoms with E-state index in [1.54, 1.807) is 6.07 Å². The first-order valence-electron chi connectivity index (χ1n) is 6.74. The Kier molecular flexibility index (Phi) is 4.40. The molecule has 1 heterocycles. The number of benzene rings is 1. The van der Waals surface area contributed by atoms with Crippen molar-refractivity contribution in [2.24, 2.45) is 0 Å². The number of nitrogen functional groups attached to an aromatic ring is 1. The molecule has 0 aliphatic carbocycles. The fourth-order valence-electron chi connectivity index (χ4n) is 1.81. The predicted molar refractivity (Wildman–Crippen MR) is 81.2 cm³/mol. The zero-order chi connectivity index (χ0) is 14.5. The summed E-state index contributed by atoms with van der Waals surface area (Å²) in [5.74, 6) is 2.52. The van der Waals surface area contributed by atoms with Gasteiger partial charge < -0.3 is 15.8 Å². The van der Waals surface area contributed by atoms with E-state index in [1.807, 2.05) is 19.1 Å². The molecule has 0 saturated carbocycles. The van der Waals surface area contributed by atoms with Crippen LogP contribution in [0.2, 0.25) is 0 Å². The highest BCUT2D eigenvalue weighted by molar-refractivity contribution is 5.44. The molecule has 0 amide bonds. The number of rotatable bonds is 5. The Bertz CT molecular complexity index is 567. The van der Waals surface area contributed by atoms with Gasteiger partial charge in [-0.25, -0.2) is 0 Å². The zero-order valence-electron chi connectivity index (χ0n) is 12.1.